The van der Waals surface area contributed by atoms with Gasteiger partial charge in [-0.1, -0.05) is 260 Å². The van der Waals surface area contributed by atoms with E-state index < -0.39 is 16.2 Å². The van der Waals surface area contributed by atoms with Gasteiger partial charge in [-0.2, -0.15) is 6.07 Å². The minimum absolute atomic E-state index is 0. The van der Waals surface area contributed by atoms with Gasteiger partial charge in [-0.15, -0.1) is 35.4 Å². The van der Waals surface area contributed by atoms with E-state index in [1.165, 1.54) is 27.8 Å². The molecular weight excluding hydrogens is 1190 g/mol. The molecule has 0 aliphatic heterocycles. The molecule has 11 aromatic rings. The summed E-state index contributed by atoms with van der Waals surface area (Å²) >= 11 is 0. The van der Waals surface area contributed by atoms with Crippen LogP contribution in [-0.2, 0) is 53.6 Å². The van der Waals surface area contributed by atoms with Crippen LogP contribution in [0.3, 0.4) is 0 Å². The summed E-state index contributed by atoms with van der Waals surface area (Å²) in [7, 11) is 0. The van der Waals surface area contributed by atoms with E-state index in [0.717, 1.165) is 72.6 Å². The zero-order valence-electron chi connectivity index (χ0n) is 51.1. The van der Waals surface area contributed by atoms with Gasteiger partial charge in [-0.3, -0.25) is 4.57 Å². The van der Waals surface area contributed by atoms with E-state index in [1.54, 1.807) is 0 Å². The summed E-state index contributed by atoms with van der Waals surface area (Å²) < 4.78 is 14.4. The predicted molar refractivity (Wildman–Crippen MR) is 340 cm³/mol. The number of fused-ring (bicyclic) bond motifs is 3. The summed E-state index contributed by atoms with van der Waals surface area (Å²) in [5, 5.41) is 2.29. The average Bonchev–Trinajstić information content (AvgIpc) is 2.17. The Hall–Kier alpha value is -7.59. The molecule has 0 aliphatic rings. The summed E-state index contributed by atoms with van der Waals surface area (Å²) in [5.74, 6) is 2.01. The third-order valence-electron chi connectivity index (χ3n) is 17.0. The molecule has 0 amide bonds. The molecule has 83 heavy (non-hydrogen) atoms. The molecule has 424 valence electrons. The molecule has 0 N–H and O–H groups in total. The number of para-hydroxylation sites is 1. The van der Waals surface area contributed by atoms with Crippen LogP contribution in [0.25, 0.3) is 50.1 Å². The Balaban J connectivity index is 0.00000769. The molecule has 0 bridgehead atoms. The van der Waals surface area contributed by atoms with Crippen molar-refractivity contribution in [3.8, 4) is 39.8 Å². The first kappa shape index (κ1) is 58.6. The largest absolute Gasteiger partial charge is 0.510 e. The van der Waals surface area contributed by atoms with E-state index >= 15 is 0 Å². The van der Waals surface area contributed by atoms with Crippen LogP contribution < -0.4 is 9.30 Å². The number of nitrogens with zero attached hydrogens (tertiary/aromatic N) is 4. The maximum Gasteiger partial charge on any atom is 0.267 e. The van der Waals surface area contributed by atoms with E-state index in [2.05, 4.69) is 330 Å². The molecule has 3 heterocycles. The van der Waals surface area contributed by atoms with Crippen LogP contribution in [0.1, 0.15) is 154 Å². The van der Waals surface area contributed by atoms with Crippen LogP contribution in [0, 0.1) is 18.5 Å². The van der Waals surface area contributed by atoms with Gasteiger partial charge < -0.3 is 13.9 Å². The Morgan fingerprint density at radius 3 is 1.58 bits per heavy atom. The van der Waals surface area contributed by atoms with Crippen molar-refractivity contribution in [2.45, 2.75) is 136 Å². The van der Waals surface area contributed by atoms with Crippen LogP contribution in [0.4, 0.5) is 0 Å². The normalized spacial score (nSPS) is 12.7. The second kappa shape index (κ2) is 21.9. The van der Waals surface area contributed by atoms with Gasteiger partial charge in [-0.05, 0) is 102 Å². The predicted octanol–water partition coefficient (Wildman–Crippen LogP) is 19.0. The molecule has 3 aromatic heterocycles. The molecule has 0 atom stereocenters. The number of ether oxygens (including phenoxy) is 1. The number of pyridine rings is 1. The van der Waals surface area contributed by atoms with Crippen molar-refractivity contribution >= 4 is 21.8 Å². The van der Waals surface area contributed by atoms with Crippen LogP contribution in [0.5, 0.6) is 11.5 Å². The quantitative estimate of drug-likeness (QED) is 0.0903. The summed E-state index contributed by atoms with van der Waals surface area (Å²) in [6, 6.07) is 78.0. The van der Waals surface area contributed by atoms with Crippen molar-refractivity contribution in [2.24, 2.45) is 0 Å². The number of imidazole rings is 1. The molecule has 5 nitrogen and oxygen atoms in total. The standard InChI is InChI=1S/C77H78N4O.Pt/c1-72(2,3)57-40-41-78-68(47-57)81-66-39-29-28-38-64(66)69-65(74(7,8)9)49-63(50-67(69)81)82-62-46-59(75(10,11)54-32-22-17-23-33-54)45-61(48-62)80-51-79(60-43-53(52-30-20-16-21-31-52)42-58(44-60)73(4,5)6)70(76(12,13)55-34-24-18-25-35-55)71(80)77(14,15)56-36-26-19-27-37-56;/h16-47,49H,1-15H3;/q-2;. The van der Waals surface area contributed by atoms with Gasteiger partial charge in [0.1, 0.15) is 5.82 Å². The van der Waals surface area contributed by atoms with Crippen molar-refractivity contribution in [1.29, 1.82) is 0 Å². The van der Waals surface area contributed by atoms with Gasteiger partial charge >= 0.3 is 0 Å². The third kappa shape index (κ3) is 11.1. The molecule has 8 aromatic carbocycles. The number of benzene rings is 8. The van der Waals surface area contributed by atoms with Crippen molar-refractivity contribution < 1.29 is 30.4 Å². The second-order valence-corrected chi connectivity index (χ2v) is 27.1. The summed E-state index contributed by atoms with van der Waals surface area (Å²) in [4.78, 5) is 5.06. The fourth-order valence-electron chi connectivity index (χ4n) is 12.0. The Morgan fingerprint density at radius 2 is 0.988 bits per heavy atom. The van der Waals surface area contributed by atoms with E-state index in [0.29, 0.717) is 11.5 Å². The summed E-state index contributed by atoms with van der Waals surface area (Å²) in [5.41, 5.74) is 14.4. The van der Waals surface area contributed by atoms with E-state index in [9.17, 15) is 0 Å². The van der Waals surface area contributed by atoms with Gasteiger partial charge in [-0.25, -0.2) is 4.98 Å². The fourth-order valence-corrected chi connectivity index (χ4v) is 12.0. The van der Waals surface area contributed by atoms with Crippen molar-refractivity contribution in [2.75, 3.05) is 0 Å². The average molecular weight is 1270 g/mol. The molecule has 11 rings (SSSR count). The van der Waals surface area contributed by atoms with Gasteiger partial charge in [0.05, 0.1) is 17.1 Å². The first-order valence-corrected chi connectivity index (χ1v) is 29.0. The number of hydrogen-bond donors (Lipinski definition) is 0. The van der Waals surface area contributed by atoms with E-state index in [1.807, 2.05) is 6.20 Å². The van der Waals surface area contributed by atoms with Gasteiger partial charge in [0.15, 0.2) is 0 Å². The number of aromatic nitrogens is 4. The Labute approximate surface area is 508 Å². The summed E-state index contributed by atoms with van der Waals surface area (Å²) in [6.45, 7) is 34.6. The van der Waals surface area contributed by atoms with E-state index in [-0.39, 0.29) is 37.3 Å². The smallest absolute Gasteiger partial charge is 0.267 e. The molecule has 0 radical (unpaired) electrons. The number of hydrogen-bond acceptors (Lipinski definition) is 2. The first-order chi connectivity index (χ1) is 38.8. The molecule has 0 fully saturated rings. The topological polar surface area (TPSA) is 35.9 Å². The third-order valence-corrected chi connectivity index (χ3v) is 17.0. The zero-order chi connectivity index (χ0) is 58.1. The number of rotatable bonds is 12. The molecule has 0 saturated heterocycles. The monoisotopic (exact) mass is 1270 g/mol. The SMILES string of the molecule is CC(C)(C)c1cc(-c2ccccc2)cc(-[n+]2[c-]n(-c3[c-]c(Oc4[c-]c5c(c(C(C)(C)C)c4)c4ccccc4n5-c4cc(C(C)(C)C)ccn4)cc(C(C)(C)c4ccccc4)c3)c(C(C)(C)c3ccccc3)c2C(C)(C)c2ccccc2)c1.[Pt]. The first-order valence-electron chi connectivity index (χ1n) is 29.0. The molecule has 0 unspecified atom stereocenters. The Bertz CT molecular complexity index is 4130. The summed E-state index contributed by atoms with van der Waals surface area (Å²) in [6.07, 6.45) is 6.07. The Kier molecular flexibility index (Phi) is 15.4. The van der Waals surface area contributed by atoms with Gasteiger partial charge in [0.2, 0.25) is 0 Å². The minimum atomic E-state index is -0.583. The van der Waals surface area contributed by atoms with Crippen LogP contribution >= 0.6 is 0 Å². The molecule has 0 spiro atoms. The fraction of sp³-hybridized carbons (Fsp3) is 0.273. The van der Waals surface area contributed by atoms with Crippen LogP contribution in [-0.4, -0.2) is 14.1 Å². The van der Waals surface area contributed by atoms with E-state index in [4.69, 9.17) is 9.72 Å². The minimum Gasteiger partial charge on any atom is -0.510 e. The van der Waals surface area contributed by atoms with Crippen molar-refractivity contribution in [1.82, 2.24) is 14.1 Å². The van der Waals surface area contributed by atoms with Gasteiger partial charge in [0, 0.05) is 55.1 Å². The van der Waals surface area contributed by atoms with Crippen molar-refractivity contribution in [3.63, 3.8) is 0 Å². The maximum absolute atomic E-state index is 7.43. The Morgan fingerprint density at radius 1 is 0.446 bits per heavy atom. The molecule has 0 aliphatic carbocycles. The molecule has 6 heteroatoms. The van der Waals surface area contributed by atoms with Crippen molar-refractivity contribution in [3.05, 3.63) is 269 Å². The van der Waals surface area contributed by atoms with Gasteiger partial charge in [0.25, 0.3) is 6.33 Å². The van der Waals surface area contributed by atoms with Crippen LogP contribution in [0.15, 0.2) is 200 Å². The second-order valence-electron chi connectivity index (χ2n) is 27.1. The van der Waals surface area contributed by atoms with Crippen LogP contribution in [0.2, 0.25) is 0 Å². The maximum atomic E-state index is 7.43. The molecular formula is C77H78N4OPt-2. The molecule has 0 saturated carbocycles. The zero-order valence-corrected chi connectivity index (χ0v) is 53.3.